The smallest absolute Gasteiger partial charge is 0.331 e. The van der Waals surface area contributed by atoms with E-state index in [0.717, 1.165) is 9.47 Å². The molecular weight excluding hydrogens is 644 g/mol. The first-order chi connectivity index (χ1) is 23.3. The first kappa shape index (κ1) is 34.0. The second-order valence-electron chi connectivity index (χ2n) is 11.2. The highest BCUT2D eigenvalue weighted by Gasteiger charge is 2.46. The van der Waals surface area contributed by atoms with Crippen molar-refractivity contribution in [3.8, 4) is 5.75 Å². The van der Waals surface area contributed by atoms with Crippen LogP contribution in [0, 0.1) is 0 Å². The van der Waals surface area contributed by atoms with Gasteiger partial charge in [0.25, 0.3) is 29.2 Å². The van der Waals surface area contributed by atoms with Gasteiger partial charge in [-0.3, -0.25) is 57.7 Å². The van der Waals surface area contributed by atoms with Crippen LogP contribution in [0.4, 0.5) is 5.69 Å². The number of ether oxygens (including phenoxy) is 1. The lowest BCUT2D eigenvalue weighted by molar-refractivity contribution is -0.136. The lowest BCUT2D eigenvalue weighted by atomic mass is 10.0. The van der Waals surface area contributed by atoms with Gasteiger partial charge in [0.05, 0.1) is 27.6 Å². The fourth-order valence-corrected chi connectivity index (χ4v) is 5.68. The number of imide groups is 2. The Kier molecular flexibility index (Phi) is 9.58. The van der Waals surface area contributed by atoms with Gasteiger partial charge < -0.3 is 26.8 Å². The summed E-state index contributed by atoms with van der Waals surface area (Å²) in [6, 6.07) is 5.63. The van der Waals surface area contributed by atoms with E-state index in [4.69, 9.17) is 16.2 Å². The van der Waals surface area contributed by atoms with E-state index in [1.165, 1.54) is 34.9 Å². The summed E-state index contributed by atoms with van der Waals surface area (Å²) in [7, 11) is 0. The Morgan fingerprint density at radius 1 is 0.980 bits per heavy atom. The van der Waals surface area contributed by atoms with E-state index < -0.39 is 71.8 Å². The number of nitrogen functional groups attached to an aromatic ring is 1. The Hall–Kier alpha value is -6.33. The highest BCUT2D eigenvalue weighted by Crippen LogP contribution is 2.33. The van der Waals surface area contributed by atoms with Crippen LogP contribution in [0.15, 0.2) is 39.9 Å². The van der Waals surface area contributed by atoms with Crippen LogP contribution in [0.3, 0.4) is 0 Å². The number of primary amides is 1. The quantitative estimate of drug-likeness (QED) is 0.0793. The van der Waals surface area contributed by atoms with Crippen molar-refractivity contribution in [3.63, 3.8) is 0 Å². The molecule has 1 unspecified atom stereocenters. The Balaban J connectivity index is 1.12. The molecule has 1 saturated heterocycles. The molecule has 0 radical (unpaired) electrons. The first-order valence-electron chi connectivity index (χ1n) is 15.2. The van der Waals surface area contributed by atoms with E-state index in [1.54, 1.807) is 6.92 Å². The average Bonchev–Trinajstić information content (AvgIpc) is 3.31. The Morgan fingerprint density at radius 2 is 1.69 bits per heavy atom. The molecule has 0 saturated carbocycles. The predicted octanol–water partition coefficient (Wildman–Crippen LogP) is -2.03. The van der Waals surface area contributed by atoms with Crippen molar-refractivity contribution in [2.24, 2.45) is 5.73 Å². The van der Waals surface area contributed by atoms with Crippen LogP contribution in [0.2, 0.25) is 0 Å². The summed E-state index contributed by atoms with van der Waals surface area (Å²) in [4.78, 5) is 114. The van der Waals surface area contributed by atoms with Crippen molar-refractivity contribution >= 4 is 57.9 Å². The zero-order valence-corrected chi connectivity index (χ0v) is 26.2. The summed E-state index contributed by atoms with van der Waals surface area (Å²) in [6.07, 6.45) is 0.224. The standard InChI is InChI=1S/C31H32N8O10/c1-2-37-20-12-18(32)16(26(33)43)11-17(20)28(45)38(31(37)48)13-23(41)34-9-4-10-35-24(42)14-49-21-6-3-5-15-25(21)30(47)39(29(15)46)19-7-8-22(40)36-27(19)44/h3,5-6,11-12,19H,2,4,7-10,13-14,32H2,1H3,(H2,33,43)(H,34,41)(H,35,42)(H,36,40,44). The monoisotopic (exact) mass is 676 g/mol. The fourth-order valence-electron chi connectivity index (χ4n) is 5.68. The number of benzene rings is 2. The van der Waals surface area contributed by atoms with Crippen molar-refractivity contribution < 1.29 is 38.3 Å². The molecule has 49 heavy (non-hydrogen) atoms. The summed E-state index contributed by atoms with van der Waals surface area (Å²) in [6.45, 7) is 0.876. The number of anilines is 1. The molecule has 18 heteroatoms. The molecule has 1 fully saturated rings. The van der Waals surface area contributed by atoms with E-state index in [0.29, 0.717) is 0 Å². The number of nitrogens with one attached hydrogen (secondary N) is 3. The third kappa shape index (κ3) is 6.60. The van der Waals surface area contributed by atoms with Gasteiger partial charge in [-0.1, -0.05) is 6.07 Å². The zero-order chi connectivity index (χ0) is 35.6. The largest absolute Gasteiger partial charge is 0.483 e. The molecule has 1 aromatic heterocycles. The van der Waals surface area contributed by atoms with E-state index in [2.05, 4.69) is 16.0 Å². The average molecular weight is 677 g/mol. The number of hydrogen-bond donors (Lipinski definition) is 5. The maximum absolute atomic E-state index is 13.2. The molecular formula is C31H32N8O10. The lowest BCUT2D eigenvalue weighted by Crippen LogP contribution is -2.54. The number of nitrogens with two attached hydrogens (primary N) is 2. The van der Waals surface area contributed by atoms with Gasteiger partial charge in [-0.25, -0.2) is 4.79 Å². The van der Waals surface area contributed by atoms with E-state index in [1.807, 2.05) is 0 Å². The minimum atomic E-state index is -1.15. The molecule has 256 valence electrons. The van der Waals surface area contributed by atoms with Crippen molar-refractivity contribution in [1.29, 1.82) is 0 Å². The Bertz CT molecular complexity index is 2070. The third-order valence-corrected chi connectivity index (χ3v) is 8.07. The van der Waals surface area contributed by atoms with Gasteiger partial charge in [0, 0.05) is 31.7 Å². The number of rotatable bonds is 12. The van der Waals surface area contributed by atoms with Gasteiger partial charge in [-0.15, -0.1) is 0 Å². The molecule has 3 aromatic rings. The molecule has 7 amide bonds. The highest BCUT2D eigenvalue weighted by atomic mass is 16.5. The highest BCUT2D eigenvalue weighted by molar-refractivity contribution is 6.24. The SMILES string of the molecule is CCn1c(=O)n(CC(=O)NCCCNC(=O)COc2cccc3c2C(=O)N(C2CCC(=O)NC2=O)C3=O)c(=O)c2cc(C(N)=O)c(N)cc21. The van der Waals surface area contributed by atoms with E-state index >= 15 is 0 Å². The maximum Gasteiger partial charge on any atom is 0.331 e. The topological polar surface area (TPSA) is 264 Å². The van der Waals surface area contributed by atoms with Crippen LogP contribution in [-0.2, 0) is 32.3 Å². The number of aromatic nitrogens is 2. The molecule has 1 atom stereocenters. The third-order valence-electron chi connectivity index (χ3n) is 8.07. The van der Waals surface area contributed by atoms with Gasteiger partial charge >= 0.3 is 5.69 Å². The van der Waals surface area contributed by atoms with Gasteiger partial charge in [-0.2, -0.15) is 0 Å². The number of carbonyl (C=O) groups excluding carboxylic acids is 7. The van der Waals surface area contributed by atoms with Gasteiger partial charge in [-0.05, 0) is 44.0 Å². The summed E-state index contributed by atoms with van der Waals surface area (Å²) in [5, 5.41) is 7.27. The van der Waals surface area contributed by atoms with Crippen LogP contribution in [0.5, 0.6) is 5.75 Å². The van der Waals surface area contributed by atoms with Crippen molar-refractivity contribution in [2.75, 3.05) is 25.4 Å². The number of hydrogen-bond acceptors (Lipinski definition) is 11. The minimum absolute atomic E-state index is 0.00280. The Morgan fingerprint density at radius 3 is 2.37 bits per heavy atom. The van der Waals surface area contributed by atoms with Crippen molar-refractivity contribution in [3.05, 3.63) is 67.9 Å². The number of amides is 7. The van der Waals surface area contributed by atoms with Crippen molar-refractivity contribution in [1.82, 2.24) is 30.0 Å². The van der Waals surface area contributed by atoms with E-state index in [9.17, 15) is 43.2 Å². The fraction of sp³-hybridized carbons (Fsp3) is 0.323. The second kappa shape index (κ2) is 13.8. The summed E-state index contributed by atoms with van der Waals surface area (Å²) in [5.41, 5.74) is 9.68. The molecule has 0 bridgehead atoms. The number of carbonyl (C=O) groups is 7. The maximum atomic E-state index is 13.2. The number of nitrogens with zero attached hydrogens (tertiary/aromatic N) is 3. The van der Waals surface area contributed by atoms with Crippen molar-refractivity contribution in [2.45, 2.75) is 45.3 Å². The zero-order valence-electron chi connectivity index (χ0n) is 26.2. The van der Waals surface area contributed by atoms with Crippen LogP contribution in [0.1, 0.15) is 57.3 Å². The number of aryl methyl sites for hydroxylation is 1. The summed E-state index contributed by atoms with van der Waals surface area (Å²) >= 11 is 0. The van der Waals surface area contributed by atoms with E-state index in [-0.39, 0.29) is 77.9 Å². The molecule has 2 aromatic carbocycles. The lowest BCUT2D eigenvalue weighted by Gasteiger charge is -2.27. The van der Waals surface area contributed by atoms with Gasteiger partial charge in [0.2, 0.25) is 17.7 Å². The normalized spacial score (nSPS) is 15.6. The first-order valence-corrected chi connectivity index (χ1v) is 15.2. The van der Waals surface area contributed by atoms with Crippen LogP contribution in [0.25, 0.3) is 10.9 Å². The number of piperidine rings is 1. The molecule has 3 heterocycles. The molecule has 7 N–H and O–H groups in total. The molecule has 5 rings (SSSR count). The summed E-state index contributed by atoms with van der Waals surface area (Å²) in [5.74, 6) is -4.84. The second-order valence-corrected chi connectivity index (χ2v) is 11.2. The summed E-state index contributed by atoms with van der Waals surface area (Å²) < 4.78 is 7.52. The molecule has 0 aliphatic carbocycles. The van der Waals surface area contributed by atoms with Gasteiger partial charge in [0.15, 0.2) is 6.61 Å². The predicted molar refractivity (Wildman–Crippen MR) is 170 cm³/mol. The van der Waals surface area contributed by atoms with Crippen LogP contribution < -0.4 is 43.4 Å². The van der Waals surface area contributed by atoms with Gasteiger partial charge in [0.1, 0.15) is 18.3 Å². The number of fused-ring (bicyclic) bond motifs is 2. The minimum Gasteiger partial charge on any atom is -0.483 e. The molecule has 2 aliphatic rings. The Labute approximate surface area is 276 Å². The molecule has 0 spiro atoms. The molecule has 18 nitrogen and oxygen atoms in total. The van der Waals surface area contributed by atoms with Crippen LogP contribution in [-0.4, -0.2) is 81.1 Å². The van der Waals surface area contributed by atoms with Crippen LogP contribution >= 0.6 is 0 Å². The molecule has 2 aliphatic heterocycles.